The molecule has 0 aliphatic carbocycles. The van der Waals surface area contributed by atoms with E-state index in [0.717, 1.165) is 29.9 Å². The first-order chi connectivity index (χ1) is 7.78. The number of nitrogens with two attached hydrogens (primary N) is 1. The van der Waals surface area contributed by atoms with Crippen molar-refractivity contribution in [1.29, 1.82) is 0 Å². The van der Waals surface area contributed by atoms with E-state index in [4.69, 9.17) is 15.3 Å². The summed E-state index contributed by atoms with van der Waals surface area (Å²) in [5, 5.41) is 0. The van der Waals surface area contributed by atoms with Gasteiger partial charge in [-0.25, -0.2) is 0 Å². The highest BCUT2D eigenvalue weighted by molar-refractivity contribution is 5.48. The molecule has 90 valence electrons. The molecule has 1 rings (SSSR count). The molecular weight excluding hydrogens is 204 g/mol. The number of hydrazine groups is 1. The van der Waals surface area contributed by atoms with Crippen molar-refractivity contribution in [3.63, 3.8) is 0 Å². The Balaban J connectivity index is 3.09. The van der Waals surface area contributed by atoms with Gasteiger partial charge in [0.15, 0.2) is 11.5 Å². The molecule has 0 saturated carbocycles. The summed E-state index contributed by atoms with van der Waals surface area (Å²) in [5.41, 5.74) is 3.84. The minimum absolute atomic E-state index is 0.0926. The number of hydrogen-bond acceptors (Lipinski definition) is 4. The van der Waals surface area contributed by atoms with Gasteiger partial charge in [0.05, 0.1) is 14.2 Å². The van der Waals surface area contributed by atoms with Crippen molar-refractivity contribution in [3.8, 4) is 11.5 Å². The Labute approximate surface area is 96.7 Å². The van der Waals surface area contributed by atoms with E-state index in [1.54, 1.807) is 14.2 Å². The molecule has 0 radical (unpaired) electrons. The van der Waals surface area contributed by atoms with Gasteiger partial charge >= 0.3 is 0 Å². The third kappa shape index (κ3) is 2.65. The summed E-state index contributed by atoms with van der Waals surface area (Å²) in [6, 6.07) is 5.91. The third-order valence-electron chi connectivity index (χ3n) is 2.59. The quantitative estimate of drug-likeness (QED) is 0.573. The summed E-state index contributed by atoms with van der Waals surface area (Å²) in [7, 11) is 3.27. The molecule has 1 aromatic carbocycles. The summed E-state index contributed by atoms with van der Waals surface area (Å²) in [4.78, 5) is 0. The summed E-state index contributed by atoms with van der Waals surface area (Å²) < 4.78 is 10.6. The minimum Gasteiger partial charge on any atom is -0.493 e. The summed E-state index contributed by atoms with van der Waals surface area (Å²) in [6.07, 6.45) is 2.01. The lowest BCUT2D eigenvalue weighted by Crippen LogP contribution is -2.28. The third-order valence-corrected chi connectivity index (χ3v) is 2.59. The minimum atomic E-state index is 0.0926. The maximum Gasteiger partial charge on any atom is 0.165 e. The molecule has 0 fully saturated rings. The molecule has 3 N–H and O–H groups in total. The van der Waals surface area contributed by atoms with Crippen LogP contribution in [0.5, 0.6) is 11.5 Å². The van der Waals surface area contributed by atoms with Gasteiger partial charge in [0.2, 0.25) is 0 Å². The van der Waals surface area contributed by atoms with Crippen LogP contribution in [0.25, 0.3) is 0 Å². The van der Waals surface area contributed by atoms with Crippen LogP contribution in [-0.4, -0.2) is 14.2 Å². The molecule has 0 aliphatic rings. The van der Waals surface area contributed by atoms with E-state index in [1.165, 1.54) is 0 Å². The van der Waals surface area contributed by atoms with Gasteiger partial charge in [-0.1, -0.05) is 25.5 Å². The molecule has 0 bridgehead atoms. The molecule has 1 unspecified atom stereocenters. The predicted octanol–water partition coefficient (Wildman–Crippen LogP) is 2.01. The highest BCUT2D eigenvalue weighted by Crippen LogP contribution is 2.35. The molecular formula is C12H20N2O2. The van der Waals surface area contributed by atoms with Crippen molar-refractivity contribution in [2.75, 3.05) is 14.2 Å². The maximum absolute atomic E-state index is 5.56. The molecule has 0 aromatic heterocycles. The van der Waals surface area contributed by atoms with Gasteiger partial charge in [-0.15, -0.1) is 0 Å². The molecule has 1 aromatic rings. The van der Waals surface area contributed by atoms with Gasteiger partial charge < -0.3 is 9.47 Å². The van der Waals surface area contributed by atoms with E-state index in [9.17, 15) is 0 Å². The molecule has 0 aliphatic heterocycles. The second-order valence-corrected chi connectivity index (χ2v) is 3.59. The normalized spacial score (nSPS) is 12.2. The van der Waals surface area contributed by atoms with Crippen molar-refractivity contribution in [2.45, 2.75) is 25.8 Å². The number of hydrogen-bond donors (Lipinski definition) is 2. The number of rotatable bonds is 6. The van der Waals surface area contributed by atoms with Crippen LogP contribution in [0.3, 0.4) is 0 Å². The Kier molecular flexibility index (Phi) is 5.08. The van der Waals surface area contributed by atoms with Crippen molar-refractivity contribution >= 4 is 0 Å². The number of methoxy groups -OCH3 is 2. The fraction of sp³-hybridized carbons (Fsp3) is 0.500. The van der Waals surface area contributed by atoms with Gasteiger partial charge in [0.25, 0.3) is 0 Å². The first-order valence-electron chi connectivity index (χ1n) is 5.45. The first-order valence-corrected chi connectivity index (χ1v) is 5.45. The van der Waals surface area contributed by atoms with Crippen LogP contribution in [0.4, 0.5) is 0 Å². The zero-order chi connectivity index (χ0) is 12.0. The van der Waals surface area contributed by atoms with Crippen molar-refractivity contribution in [2.24, 2.45) is 5.84 Å². The standard InChI is InChI=1S/C12H20N2O2/c1-4-6-10(14-13)9-7-5-8-11(15-2)12(9)16-3/h5,7-8,10,14H,4,6,13H2,1-3H3. The van der Waals surface area contributed by atoms with E-state index in [0.29, 0.717) is 0 Å². The fourth-order valence-electron chi connectivity index (χ4n) is 1.80. The molecule has 4 nitrogen and oxygen atoms in total. The predicted molar refractivity (Wildman–Crippen MR) is 64.5 cm³/mol. The van der Waals surface area contributed by atoms with Crippen LogP contribution >= 0.6 is 0 Å². The molecule has 1 atom stereocenters. The number of ether oxygens (including phenoxy) is 2. The number of nitrogens with one attached hydrogen (secondary N) is 1. The summed E-state index contributed by atoms with van der Waals surface area (Å²) in [5.74, 6) is 7.04. The van der Waals surface area contributed by atoms with Gasteiger partial charge in [0.1, 0.15) is 0 Å². The van der Waals surface area contributed by atoms with E-state index < -0.39 is 0 Å². The average molecular weight is 224 g/mol. The Morgan fingerprint density at radius 3 is 2.56 bits per heavy atom. The van der Waals surface area contributed by atoms with Crippen molar-refractivity contribution in [3.05, 3.63) is 23.8 Å². The summed E-state index contributed by atoms with van der Waals surface area (Å²) in [6.45, 7) is 2.12. The van der Waals surface area contributed by atoms with Gasteiger partial charge in [-0.05, 0) is 12.5 Å². The van der Waals surface area contributed by atoms with Crippen LogP contribution in [0.15, 0.2) is 18.2 Å². The van der Waals surface area contributed by atoms with E-state index in [-0.39, 0.29) is 6.04 Å². The van der Waals surface area contributed by atoms with Gasteiger partial charge in [-0.2, -0.15) is 0 Å². The van der Waals surface area contributed by atoms with Gasteiger partial charge in [0, 0.05) is 11.6 Å². The second-order valence-electron chi connectivity index (χ2n) is 3.59. The highest BCUT2D eigenvalue weighted by Gasteiger charge is 2.16. The van der Waals surface area contributed by atoms with Gasteiger partial charge in [-0.3, -0.25) is 11.3 Å². The molecule has 0 amide bonds. The second kappa shape index (κ2) is 6.35. The monoisotopic (exact) mass is 224 g/mol. The van der Waals surface area contributed by atoms with Crippen LogP contribution in [0.1, 0.15) is 31.4 Å². The lowest BCUT2D eigenvalue weighted by atomic mass is 10.0. The molecule has 0 spiro atoms. The van der Waals surface area contributed by atoms with Crippen LogP contribution < -0.4 is 20.7 Å². The smallest absolute Gasteiger partial charge is 0.165 e. The first kappa shape index (κ1) is 12.8. The topological polar surface area (TPSA) is 56.5 Å². The highest BCUT2D eigenvalue weighted by atomic mass is 16.5. The Morgan fingerprint density at radius 2 is 2.06 bits per heavy atom. The lowest BCUT2D eigenvalue weighted by molar-refractivity contribution is 0.345. The zero-order valence-electron chi connectivity index (χ0n) is 10.1. The summed E-state index contributed by atoms with van der Waals surface area (Å²) >= 11 is 0. The van der Waals surface area contributed by atoms with E-state index in [1.807, 2.05) is 18.2 Å². The Bertz CT molecular complexity index is 329. The molecule has 0 heterocycles. The molecule has 16 heavy (non-hydrogen) atoms. The SMILES string of the molecule is CCCC(NN)c1cccc(OC)c1OC. The molecule has 4 heteroatoms. The Hall–Kier alpha value is -1.26. The average Bonchev–Trinajstić information content (AvgIpc) is 2.34. The molecule has 0 saturated heterocycles. The number of benzene rings is 1. The van der Waals surface area contributed by atoms with Crippen molar-refractivity contribution < 1.29 is 9.47 Å². The van der Waals surface area contributed by atoms with E-state index in [2.05, 4.69) is 12.3 Å². The Morgan fingerprint density at radius 1 is 1.31 bits per heavy atom. The number of para-hydroxylation sites is 1. The van der Waals surface area contributed by atoms with Crippen LogP contribution in [-0.2, 0) is 0 Å². The maximum atomic E-state index is 5.56. The van der Waals surface area contributed by atoms with Crippen molar-refractivity contribution in [1.82, 2.24) is 5.43 Å². The fourth-order valence-corrected chi connectivity index (χ4v) is 1.80. The zero-order valence-corrected chi connectivity index (χ0v) is 10.1. The van der Waals surface area contributed by atoms with E-state index >= 15 is 0 Å². The van der Waals surface area contributed by atoms with Crippen LogP contribution in [0.2, 0.25) is 0 Å². The van der Waals surface area contributed by atoms with Crippen LogP contribution in [0, 0.1) is 0 Å². The largest absolute Gasteiger partial charge is 0.493 e. The lowest BCUT2D eigenvalue weighted by Gasteiger charge is -2.19.